The average Bonchev–Trinajstić information content (AvgIpc) is 2.37. The van der Waals surface area contributed by atoms with Gasteiger partial charge in [0.25, 0.3) is 0 Å². The van der Waals surface area contributed by atoms with Crippen molar-refractivity contribution >= 4 is 38.5 Å². The van der Waals surface area contributed by atoms with Crippen LogP contribution in [0.3, 0.4) is 0 Å². The summed E-state index contributed by atoms with van der Waals surface area (Å²) in [6, 6.07) is 15.5. The summed E-state index contributed by atoms with van der Waals surface area (Å²) in [5, 5.41) is 8.80. The normalized spacial score (nSPS) is 9.83. The monoisotopic (exact) mass is 413 g/mol. The first-order valence-corrected chi connectivity index (χ1v) is 7.13. The zero-order valence-electron chi connectivity index (χ0n) is 9.36. The van der Waals surface area contributed by atoms with E-state index in [-0.39, 0.29) is 0 Å². The highest BCUT2D eigenvalue weighted by molar-refractivity contribution is 14.1. The molecule has 2 aromatic carbocycles. The molecule has 0 radical (unpaired) electrons. The minimum absolute atomic E-state index is 0.500. The van der Waals surface area contributed by atoms with E-state index in [1.807, 2.05) is 42.5 Å². The molecule has 0 amide bonds. The largest absolute Gasteiger partial charge is 0.489 e. The maximum atomic E-state index is 8.80. The lowest BCUT2D eigenvalue weighted by atomic mass is 10.1. The smallest absolute Gasteiger partial charge is 0.120 e. The third-order valence-corrected chi connectivity index (χ3v) is 3.87. The predicted octanol–water partition coefficient (Wildman–Crippen LogP) is 4.50. The molecule has 2 rings (SSSR count). The van der Waals surface area contributed by atoms with Crippen LogP contribution in [0.4, 0.5) is 0 Å². The van der Waals surface area contributed by atoms with Gasteiger partial charge in [-0.05, 0) is 52.9 Å². The molecule has 0 saturated carbocycles. The topological polar surface area (TPSA) is 33.0 Å². The Labute approximate surface area is 128 Å². The van der Waals surface area contributed by atoms with E-state index in [2.05, 4.69) is 44.6 Å². The minimum atomic E-state index is 0.500. The van der Waals surface area contributed by atoms with Crippen molar-refractivity contribution in [3.63, 3.8) is 0 Å². The Balaban J connectivity index is 2.09. The van der Waals surface area contributed by atoms with E-state index in [0.717, 1.165) is 19.4 Å². The van der Waals surface area contributed by atoms with E-state index in [4.69, 9.17) is 10.00 Å². The molecule has 0 unspecified atom stereocenters. The molecule has 4 heteroatoms. The molecule has 2 aromatic rings. The number of ether oxygens (including phenoxy) is 1. The molecule has 0 saturated heterocycles. The van der Waals surface area contributed by atoms with Gasteiger partial charge in [0.2, 0.25) is 0 Å². The van der Waals surface area contributed by atoms with Crippen LogP contribution in [0.25, 0.3) is 0 Å². The highest BCUT2D eigenvalue weighted by atomic mass is 127. The first kappa shape index (κ1) is 13.4. The molecule has 90 valence electrons. The Morgan fingerprint density at radius 2 is 2.06 bits per heavy atom. The first-order valence-electron chi connectivity index (χ1n) is 5.26. The van der Waals surface area contributed by atoms with Crippen LogP contribution in [0.5, 0.6) is 5.75 Å². The second-order valence-corrected chi connectivity index (χ2v) is 5.74. The van der Waals surface area contributed by atoms with Crippen molar-refractivity contribution in [1.29, 1.82) is 5.26 Å². The molecule has 0 heterocycles. The van der Waals surface area contributed by atoms with Gasteiger partial charge in [-0.1, -0.05) is 28.1 Å². The van der Waals surface area contributed by atoms with Gasteiger partial charge >= 0.3 is 0 Å². The van der Waals surface area contributed by atoms with E-state index in [9.17, 15) is 0 Å². The molecule has 0 N–H and O–H groups in total. The van der Waals surface area contributed by atoms with Crippen LogP contribution in [0.15, 0.2) is 46.9 Å². The van der Waals surface area contributed by atoms with Gasteiger partial charge in [0.05, 0.1) is 11.6 Å². The van der Waals surface area contributed by atoms with Crippen LogP contribution in [-0.2, 0) is 6.61 Å². The SMILES string of the molecule is N#Cc1ccc(COc2cccc(Br)c2)c(I)c1. The van der Waals surface area contributed by atoms with E-state index < -0.39 is 0 Å². The summed E-state index contributed by atoms with van der Waals surface area (Å²) >= 11 is 5.62. The van der Waals surface area contributed by atoms with Crippen LogP contribution >= 0.6 is 38.5 Å². The molecule has 0 atom stereocenters. The molecule has 0 aromatic heterocycles. The zero-order valence-corrected chi connectivity index (χ0v) is 13.1. The lowest BCUT2D eigenvalue weighted by molar-refractivity contribution is 0.305. The third-order valence-electron chi connectivity index (χ3n) is 2.37. The summed E-state index contributed by atoms with van der Waals surface area (Å²) in [5.41, 5.74) is 1.75. The second kappa shape index (κ2) is 6.21. The van der Waals surface area contributed by atoms with Crippen LogP contribution in [0, 0.1) is 14.9 Å². The van der Waals surface area contributed by atoms with Gasteiger partial charge in [0.15, 0.2) is 0 Å². The summed E-state index contributed by atoms with van der Waals surface area (Å²) in [7, 11) is 0. The quantitative estimate of drug-likeness (QED) is 0.694. The Bertz CT molecular complexity index is 607. The molecule has 0 aliphatic rings. The molecule has 0 fully saturated rings. The zero-order chi connectivity index (χ0) is 13.0. The summed E-state index contributed by atoms with van der Waals surface area (Å²) < 4.78 is 7.75. The van der Waals surface area contributed by atoms with Crippen LogP contribution in [0.2, 0.25) is 0 Å². The fourth-order valence-electron chi connectivity index (χ4n) is 1.45. The third kappa shape index (κ3) is 3.47. The van der Waals surface area contributed by atoms with Crippen LogP contribution in [0.1, 0.15) is 11.1 Å². The van der Waals surface area contributed by atoms with Crippen LogP contribution < -0.4 is 4.74 Å². The minimum Gasteiger partial charge on any atom is -0.489 e. The highest BCUT2D eigenvalue weighted by Crippen LogP contribution is 2.20. The maximum Gasteiger partial charge on any atom is 0.120 e. The average molecular weight is 414 g/mol. The Morgan fingerprint density at radius 1 is 1.22 bits per heavy atom. The van der Waals surface area contributed by atoms with E-state index in [1.54, 1.807) is 0 Å². The molecular formula is C14H9BrINO. The number of rotatable bonds is 3. The Kier molecular flexibility index (Phi) is 4.61. The van der Waals surface area contributed by atoms with Crippen molar-refractivity contribution in [2.75, 3.05) is 0 Å². The summed E-state index contributed by atoms with van der Waals surface area (Å²) in [5.74, 6) is 0.824. The fourth-order valence-corrected chi connectivity index (χ4v) is 2.50. The molecular weight excluding hydrogens is 405 g/mol. The van der Waals surface area contributed by atoms with Gasteiger partial charge in [0, 0.05) is 13.6 Å². The van der Waals surface area contributed by atoms with Crippen LogP contribution in [-0.4, -0.2) is 0 Å². The van der Waals surface area contributed by atoms with Crippen molar-refractivity contribution in [3.05, 3.63) is 61.6 Å². The fraction of sp³-hybridized carbons (Fsp3) is 0.0714. The first-order chi connectivity index (χ1) is 8.69. The van der Waals surface area contributed by atoms with E-state index >= 15 is 0 Å². The van der Waals surface area contributed by atoms with Gasteiger partial charge in [0.1, 0.15) is 12.4 Å². The second-order valence-electron chi connectivity index (χ2n) is 3.66. The standard InChI is InChI=1S/C14H9BrINO/c15-12-2-1-3-13(7-12)18-9-11-5-4-10(8-17)6-14(11)16/h1-7H,9H2. The van der Waals surface area contributed by atoms with Gasteiger partial charge in [-0.3, -0.25) is 0 Å². The van der Waals surface area contributed by atoms with Gasteiger partial charge < -0.3 is 4.74 Å². The van der Waals surface area contributed by atoms with E-state index in [0.29, 0.717) is 12.2 Å². The lowest BCUT2D eigenvalue weighted by Crippen LogP contribution is -1.98. The predicted molar refractivity (Wildman–Crippen MR) is 82.3 cm³/mol. The number of benzene rings is 2. The molecule has 0 aliphatic heterocycles. The lowest BCUT2D eigenvalue weighted by Gasteiger charge is -2.08. The summed E-state index contributed by atoms with van der Waals surface area (Å²) in [6.07, 6.45) is 0. The van der Waals surface area contributed by atoms with Gasteiger partial charge in [-0.2, -0.15) is 5.26 Å². The number of halogens is 2. The molecule has 0 bridgehead atoms. The van der Waals surface area contributed by atoms with E-state index in [1.165, 1.54) is 0 Å². The molecule has 18 heavy (non-hydrogen) atoms. The molecule has 0 aliphatic carbocycles. The Morgan fingerprint density at radius 3 is 2.72 bits per heavy atom. The highest BCUT2D eigenvalue weighted by Gasteiger charge is 2.03. The van der Waals surface area contributed by atoms with Gasteiger partial charge in [-0.15, -0.1) is 0 Å². The number of hydrogen-bond donors (Lipinski definition) is 0. The van der Waals surface area contributed by atoms with Crippen molar-refractivity contribution in [2.45, 2.75) is 6.61 Å². The Hall–Kier alpha value is -1.06. The van der Waals surface area contributed by atoms with Gasteiger partial charge in [-0.25, -0.2) is 0 Å². The van der Waals surface area contributed by atoms with Crippen molar-refractivity contribution in [1.82, 2.24) is 0 Å². The maximum absolute atomic E-state index is 8.80. The number of hydrogen-bond acceptors (Lipinski definition) is 2. The number of nitriles is 1. The molecule has 0 spiro atoms. The summed E-state index contributed by atoms with van der Waals surface area (Å²) in [6.45, 7) is 0.500. The van der Waals surface area contributed by atoms with Crippen molar-refractivity contribution in [3.8, 4) is 11.8 Å². The van der Waals surface area contributed by atoms with Crippen molar-refractivity contribution in [2.24, 2.45) is 0 Å². The number of nitrogens with zero attached hydrogens (tertiary/aromatic N) is 1. The van der Waals surface area contributed by atoms with Crippen molar-refractivity contribution < 1.29 is 4.74 Å². The summed E-state index contributed by atoms with van der Waals surface area (Å²) in [4.78, 5) is 0. The molecule has 2 nitrogen and oxygen atoms in total.